The Morgan fingerprint density at radius 2 is 2.05 bits per heavy atom. The monoisotopic (exact) mass is 276 g/mol. The van der Waals surface area contributed by atoms with E-state index in [-0.39, 0.29) is 0 Å². The van der Waals surface area contributed by atoms with Crippen LogP contribution < -0.4 is 10.1 Å². The van der Waals surface area contributed by atoms with Crippen molar-refractivity contribution in [2.45, 2.75) is 38.6 Å². The molecular formula is C17H28N2O. The minimum atomic E-state index is 0.541. The number of nitrogens with zero attached hydrogens (tertiary/aromatic N) is 1. The van der Waals surface area contributed by atoms with E-state index in [1.807, 2.05) is 6.07 Å². The van der Waals surface area contributed by atoms with Gasteiger partial charge in [-0.2, -0.15) is 0 Å². The molecule has 2 rings (SSSR count). The smallest absolute Gasteiger partial charge is 0.119 e. The zero-order chi connectivity index (χ0) is 14.2. The third kappa shape index (κ3) is 4.22. The van der Waals surface area contributed by atoms with Crippen LogP contribution in [0.15, 0.2) is 24.3 Å². The van der Waals surface area contributed by atoms with Crippen molar-refractivity contribution in [2.24, 2.45) is 0 Å². The number of hydrogen-bond donors (Lipinski definition) is 1. The largest absolute Gasteiger partial charge is 0.497 e. The van der Waals surface area contributed by atoms with Gasteiger partial charge in [-0.05, 0) is 24.1 Å². The van der Waals surface area contributed by atoms with E-state index in [1.54, 1.807) is 7.11 Å². The zero-order valence-electron chi connectivity index (χ0n) is 12.9. The van der Waals surface area contributed by atoms with E-state index < -0.39 is 0 Å². The molecule has 1 aromatic carbocycles. The highest BCUT2D eigenvalue weighted by molar-refractivity contribution is 5.30. The lowest BCUT2D eigenvalue weighted by Crippen LogP contribution is -2.45. The zero-order valence-corrected chi connectivity index (χ0v) is 12.9. The summed E-state index contributed by atoms with van der Waals surface area (Å²) in [6.45, 7) is 6.77. The first-order chi connectivity index (χ1) is 9.85. The molecule has 1 saturated heterocycles. The molecule has 1 atom stereocenters. The van der Waals surface area contributed by atoms with Crippen molar-refractivity contribution in [1.82, 2.24) is 10.2 Å². The molecule has 0 saturated carbocycles. The van der Waals surface area contributed by atoms with Crippen LogP contribution in [-0.4, -0.2) is 38.2 Å². The summed E-state index contributed by atoms with van der Waals surface area (Å²) in [6.07, 6.45) is 5.17. The van der Waals surface area contributed by atoms with Crippen LogP contribution in [0.4, 0.5) is 0 Å². The minimum Gasteiger partial charge on any atom is -0.497 e. The fraction of sp³-hybridized carbons (Fsp3) is 0.647. The summed E-state index contributed by atoms with van der Waals surface area (Å²) in [5.41, 5.74) is 1.40. The summed E-state index contributed by atoms with van der Waals surface area (Å²) in [7, 11) is 1.75. The van der Waals surface area contributed by atoms with Crippen molar-refractivity contribution >= 4 is 0 Å². The molecule has 0 bridgehead atoms. The van der Waals surface area contributed by atoms with E-state index in [9.17, 15) is 0 Å². The molecule has 0 unspecified atom stereocenters. The van der Waals surface area contributed by atoms with Gasteiger partial charge in [-0.1, -0.05) is 38.3 Å². The first-order valence-corrected chi connectivity index (χ1v) is 7.94. The Labute approximate surface area is 123 Å². The van der Waals surface area contributed by atoms with Gasteiger partial charge < -0.3 is 10.1 Å². The van der Waals surface area contributed by atoms with Crippen LogP contribution in [-0.2, 0) is 0 Å². The lowest BCUT2D eigenvalue weighted by molar-refractivity contribution is 0.162. The minimum absolute atomic E-state index is 0.541. The van der Waals surface area contributed by atoms with Gasteiger partial charge in [0.15, 0.2) is 0 Å². The number of nitrogens with one attached hydrogen (secondary N) is 1. The average molecular weight is 276 g/mol. The fourth-order valence-corrected chi connectivity index (χ4v) is 2.99. The predicted molar refractivity (Wildman–Crippen MR) is 84.3 cm³/mol. The molecule has 0 aliphatic carbocycles. The molecule has 1 N–H and O–H groups in total. The quantitative estimate of drug-likeness (QED) is 0.774. The maximum atomic E-state index is 5.39. The Morgan fingerprint density at radius 1 is 1.25 bits per heavy atom. The van der Waals surface area contributed by atoms with Crippen molar-refractivity contribution < 1.29 is 4.74 Å². The molecular weight excluding hydrogens is 248 g/mol. The van der Waals surface area contributed by atoms with Gasteiger partial charge in [0.25, 0.3) is 0 Å². The van der Waals surface area contributed by atoms with Crippen LogP contribution in [0, 0.1) is 0 Å². The summed E-state index contributed by atoms with van der Waals surface area (Å²) < 4.78 is 5.39. The van der Waals surface area contributed by atoms with Gasteiger partial charge in [0, 0.05) is 32.2 Å². The maximum absolute atomic E-state index is 5.39. The molecule has 1 fully saturated rings. The predicted octanol–water partition coefficient (Wildman–Crippen LogP) is 3.22. The van der Waals surface area contributed by atoms with Crippen molar-refractivity contribution in [3.63, 3.8) is 0 Å². The molecule has 0 radical (unpaired) electrons. The van der Waals surface area contributed by atoms with Gasteiger partial charge >= 0.3 is 0 Å². The second-order valence-corrected chi connectivity index (χ2v) is 5.57. The maximum Gasteiger partial charge on any atom is 0.119 e. The Hall–Kier alpha value is -1.06. The number of hydrogen-bond acceptors (Lipinski definition) is 3. The van der Waals surface area contributed by atoms with E-state index in [0.29, 0.717) is 6.04 Å². The van der Waals surface area contributed by atoms with Crippen molar-refractivity contribution in [3.8, 4) is 5.75 Å². The van der Waals surface area contributed by atoms with Crippen LogP contribution in [0.1, 0.15) is 44.2 Å². The second kappa shape index (κ2) is 8.28. The molecule has 1 heterocycles. The first-order valence-electron chi connectivity index (χ1n) is 7.94. The Bertz CT molecular complexity index is 388. The lowest BCUT2D eigenvalue weighted by Gasteiger charge is -2.35. The van der Waals surface area contributed by atoms with Crippen LogP contribution >= 0.6 is 0 Å². The highest BCUT2D eigenvalue weighted by atomic mass is 16.5. The average Bonchev–Trinajstić information content (AvgIpc) is 2.52. The molecule has 1 aliphatic heterocycles. The number of benzene rings is 1. The molecule has 0 spiro atoms. The Morgan fingerprint density at radius 3 is 2.75 bits per heavy atom. The first kappa shape index (κ1) is 15.3. The lowest BCUT2D eigenvalue weighted by atomic mass is 9.98. The normalized spacial score (nSPS) is 17.9. The highest BCUT2D eigenvalue weighted by Crippen LogP contribution is 2.29. The summed E-state index contributed by atoms with van der Waals surface area (Å²) >= 11 is 0. The van der Waals surface area contributed by atoms with Gasteiger partial charge in [0.1, 0.15) is 5.75 Å². The third-order valence-corrected chi connectivity index (χ3v) is 4.15. The molecule has 3 heteroatoms. The number of unbranched alkanes of at least 4 members (excludes halogenated alkanes) is 2. The van der Waals surface area contributed by atoms with E-state index in [4.69, 9.17) is 4.74 Å². The van der Waals surface area contributed by atoms with Crippen molar-refractivity contribution in [1.29, 1.82) is 0 Å². The Kier molecular flexibility index (Phi) is 6.34. The van der Waals surface area contributed by atoms with E-state index >= 15 is 0 Å². The van der Waals surface area contributed by atoms with Crippen LogP contribution in [0.2, 0.25) is 0 Å². The number of piperazine rings is 1. The van der Waals surface area contributed by atoms with E-state index in [0.717, 1.165) is 31.9 Å². The van der Waals surface area contributed by atoms with Gasteiger partial charge in [0.2, 0.25) is 0 Å². The van der Waals surface area contributed by atoms with Crippen LogP contribution in [0.3, 0.4) is 0 Å². The molecule has 3 nitrogen and oxygen atoms in total. The summed E-state index contributed by atoms with van der Waals surface area (Å²) in [5, 5.41) is 3.44. The molecule has 1 aliphatic rings. The number of methoxy groups -OCH3 is 1. The van der Waals surface area contributed by atoms with Gasteiger partial charge in [-0.3, -0.25) is 4.90 Å². The topological polar surface area (TPSA) is 24.5 Å². The molecule has 0 aromatic heterocycles. The van der Waals surface area contributed by atoms with Gasteiger partial charge in [0.05, 0.1) is 7.11 Å². The van der Waals surface area contributed by atoms with Crippen molar-refractivity contribution in [3.05, 3.63) is 29.8 Å². The van der Waals surface area contributed by atoms with E-state index in [2.05, 4.69) is 35.3 Å². The molecule has 112 valence electrons. The highest BCUT2D eigenvalue weighted by Gasteiger charge is 2.21. The van der Waals surface area contributed by atoms with Crippen LogP contribution in [0.25, 0.3) is 0 Å². The summed E-state index contributed by atoms with van der Waals surface area (Å²) in [6, 6.07) is 9.15. The molecule has 0 amide bonds. The molecule has 1 aromatic rings. The van der Waals surface area contributed by atoms with Gasteiger partial charge in [-0.15, -0.1) is 0 Å². The number of rotatable bonds is 7. The number of ether oxygens (including phenoxy) is 1. The van der Waals surface area contributed by atoms with E-state index in [1.165, 1.54) is 31.2 Å². The third-order valence-electron chi connectivity index (χ3n) is 4.15. The Balaban J connectivity index is 2.10. The summed E-state index contributed by atoms with van der Waals surface area (Å²) in [5.74, 6) is 0.970. The fourth-order valence-electron chi connectivity index (χ4n) is 2.99. The second-order valence-electron chi connectivity index (χ2n) is 5.57. The SMILES string of the molecule is CCCCC[C@H](c1cccc(OC)c1)N1CCNCC1. The van der Waals surface area contributed by atoms with Crippen molar-refractivity contribution in [2.75, 3.05) is 33.3 Å². The van der Waals surface area contributed by atoms with Crippen LogP contribution in [0.5, 0.6) is 5.75 Å². The summed E-state index contributed by atoms with van der Waals surface area (Å²) in [4.78, 5) is 2.63. The van der Waals surface area contributed by atoms with Gasteiger partial charge in [-0.25, -0.2) is 0 Å². The molecule has 20 heavy (non-hydrogen) atoms. The standard InChI is InChI=1S/C17H28N2O/c1-3-4-5-9-17(19-12-10-18-11-13-19)15-7-6-8-16(14-15)20-2/h6-8,14,17-18H,3-5,9-13H2,1-2H3/t17-/m1/s1.